The highest BCUT2D eigenvalue weighted by Crippen LogP contribution is 2.31. The molecule has 0 N–H and O–H groups in total. The van der Waals surface area contributed by atoms with Gasteiger partial charge in [0.2, 0.25) is 0 Å². The molecular weight excluding hydrogens is 290 g/mol. The van der Waals surface area contributed by atoms with Crippen molar-refractivity contribution < 1.29 is 0 Å². The number of nitrogens with zero attached hydrogens (tertiary/aromatic N) is 1. The molecule has 3 rings (SSSR count). The van der Waals surface area contributed by atoms with E-state index in [0.29, 0.717) is 6.04 Å². The average molecular weight is 314 g/mol. The standard InChI is InChI=1S/C20H24ClN/c1-16-11-13-22(14-12-16)20(17-7-3-2-4-8-17)15-18-9-5-6-10-19(18)21/h2-10,16,20H,11-15H2,1H3/t20-/m0/s1. The Balaban J connectivity index is 1.85. The molecule has 1 aliphatic rings. The van der Waals surface area contributed by atoms with E-state index in [1.165, 1.54) is 37.1 Å². The van der Waals surface area contributed by atoms with Gasteiger partial charge in [0.1, 0.15) is 0 Å². The smallest absolute Gasteiger partial charge is 0.0438 e. The van der Waals surface area contributed by atoms with Gasteiger partial charge < -0.3 is 0 Å². The van der Waals surface area contributed by atoms with Gasteiger partial charge in [-0.1, -0.05) is 67.1 Å². The molecule has 1 aliphatic heterocycles. The fourth-order valence-electron chi connectivity index (χ4n) is 3.35. The van der Waals surface area contributed by atoms with Crippen LogP contribution in [-0.2, 0) is 6.42 Å². The van der Waals surface area contributed by atoms with Crippen molar-refractivity contribution >= 4 is 11.6 Å². The first-order valence-corrected chi connectivity index (χ1v) is 8.64. The van der Waals surface area contributed by atoms with Gasteiger partial charge in [-0.05, 0) is 55.5 Å². The number of hydrogen-bond donors (Lipinski definition) is 0. The Labute approximate surface area is 138 Å². The molecule has 0 spiro atoms. The van der Waals surface area contributed by atoms with E-state index in [0.717, 1.165) is 17.4 Å². The summed E-state index contributed by atoms with van der Waals surface area (Å²) in [6, 6.07) is 19.5. The average Bonchev–Trinajstić information content (AvgIpc) is 2.56. The molecule has 0 aliphatic carbocycles. The van der Waals surface area contributed by atoms with Crippen LogP contribution in [0, 0.1) is 5.92 Å². The topological polar surface area (TPSA) is 3.24 Å². The monoisotopic (exact) mass is 313 g/mol. The van der Waals surface area contributed by atoms with Crippen LogP contribution in [0.3, 0.4) is 0 Å². The first kappa shape index (κ1) is 15.6. The Bertz CT molecular complexity index is 588. The fraction of sp³-hybridized carbons (Fsp3) is 0.400. The molecular formula is C20H24ClN. The summed E-state index contributed by atoms with van der Waals surface area (Å²) in [5.74, 6) is 0.855. The van der Waals surface area contributed by atoms with E-state index >= 15 is 0 Å². The normalized spacial score (nSPS) is 18.3. The first-order valence-electron chi connectivity index (χ1n) is 8.26. The van der Waals surface area contributed by atoms with Crippen LogP contribution in [-0.4, -0.2) is 18.0 Å². The molecule has 0 unspecified atom stereocenters. The highest BCUT2D eigenvalue weighted by Gasteiger charge is 2.25. The largest absolute Gasteiger partial charge is 0.296 e. The Kier molecular flexibility index (Phi) is 5.17. The highest BCUT2D eigenvalue weighted by atomic mass is 35.5. The number of hydrogen-bond acceptors (Lipinski definition) is 1. The third kappa shape index (κ3) is 3.71. The Morgan fingerprint density at radius 2 is 1.64 bits per heavy atom. The maximum Gasteiger partial charge on any atom is 0.0438 e. The van der Waals surface area contributed by atoms with Gasteiger partial charge in [-0.25, -0.2) is 0 Å². The summed E-state index contributed by atoms with van der Waals surface area (Å²) in [6.07, 6.45) is 3.58. The van der Waals surface area contributed by atoms with Crippen LogP contribution in [0.1, 0.15) is 36.9 Å². The summed E-state index contributed by atoms with van der Waals surface area (Å²) < 4.78 is 0. The van der Waals surface area contributed by atoms with E-state index in [4.69, 9.17) is 11.6 Å². The lowest BCUT2D eigenvalue weighted by atomic mass is 9.92. The summed E-state index contributed by atoms with van der Waals surface area (Å²) in [6.45, 7) is 4.74. The molecule has 0 aromatic heterocycles. The van der Waals surface area contributed by atoms with E-state index in [2.05, 4.69) is 54.3 Å². The van der Waals surface area contributed by atoms with Gasteiger partial charge in [0.25, 0.3) is 0 Å². The molecule has 1 saturated heterocycles. The Hall–Kier alpha value is -1.31. The SMILES string of the molecule is CC1CCN([C@@H](Cc2ccccc2Cl)c2ccccc2)CC1. The van der Waals surface area contributed by atoms with Crippen LogP contribution in [0.2, 0.25) is 5.02 Å². The summed E-state index contributed by atoms with van der Waals surface area (Å²) >= 11 is 6.40. The van der Waals surface area contributed by atoms with Crippen molar-refractivity contribution in [2.75, 3.05) is 13.1 Å². The molecule has 2 aromatic rings. The lowest BCUT2D eigenvalue weighted by Crippen LogP contribution is -2.37. The maximum absolute atomic E-state index is 6.40. The van der Waals surface area contributed by atoms with Crippen LogP contribution in [0.25, 0.3) is 0 Å². The van der Waals surface area contributed by atoms with Crippen molar-refractivity contribution in [3.05, 3.63) is 70.7 Å². The molecule has 2 heteroatoms. The van der Waals surface area contributed by atoms with Crippen LogP contribution >= 0.6 is 11.6 Å². The van der Waals surface area contributed by atoms with E-state index in [1.54, 1.807) is 0 Å². The van der Waals surface area contributed by atoms with E-state index in [1.807, 2.05) is 12.1 Å². The maximum atomic E-state index is 6.40. The van der Waals surface area contributed by atoms with Gasteiger partial charge in [-0.3, -0.25) is 4.90 Å². The van der Waals surface area contributed by atoms with Crippen LogP contribution in [0.15, 0.2) is 54.6 Å². The Morgan fingerprint density at radius 1 is 1.00 bits per heavy atom. The molecule has 0 saturated carbocycles. The number of piperidine rings is 1. The van der Waals surface area contributed by atoms with Crippen molar-refractivity contribution in [1.82, 2.24) is 4.90 Å². The molecule has 1 nitrogen and oxygen atoms in total. The molecule has 116 valence electrons. The zero-order valence-electron chi connectivity index (χ0n) is 13.2. The second-order valence-corrected chi connectivity index (χ2v) is 6.85. The van der Waals surface area contributed by atoms with Gasteiger partial charge in [0, 0.05) is 11.1 Å². The summed E-state index contributed by atoms with van der Waals surface area (Å²) in [5.41, 5.74) is 2.65. The highest BCUT2D eigenvalue weighted by molar-refractivity contribution is 6.31. The minimum Gasteiger partial charge on any atom is -0.296 e. The minimum absolute atomic E-state index is 0.425. The molecule has 0 amide bonds. The van der Waals surface area contributed by atoms with Crippen molar-refractivity contribution in [3.8, 4) is 0 Å². The second kappa shape index (κ2) is 7.30. The second-order valence-electron chi connectivity index (χ2n) is 6.44. The summed E-state index contributed by atoms with van der Waals surface area (Å²) in [7, 11) is 0. The quantitative estimate of drug-likeness (QED) is 0.735. The summed E-state index contributed by atoms with van der Waals surface area (Å²) in [5, 5.41) is 0.883. The van der Waals surface area contributed by atoms with Crippen molar-refractivity contribution in [2.45, 2.75) is 32.2 Å². The summed E-state index contributed by atoms with van der Waals surface area (Å²) in [4.78, 5) is 2.64. The molecule has 1 atom stereocenters. The van der Waals surface area contributed by atoms with Gasteiger partial charge in [-0.15, -0.1) is 0 Å². The number of likely N-dealkylation sites (tertiary alicyclic amines) is 1. The van der Waals surface area contributed by atoms with Gasteiger partial charge in [0.05, 0.1) is 0 Å². The number of rotatable bonds is 4. The lowest BCUT2D eigenvalue weighted by molar-refractivity contribution is 0.137. The van der Waals surface area contributed by atoms with E-state index < -0.39 is 0 Å². The van der Waals surface area contributed by atoms with Gasteiger partial charge in [0.15, 0.2) is 0 Å². The van der Waals surface area contributed by atoms with Gasteiger partial charge >= 0.3 is 0 Å². The molecule has 1 heterocycles. The lowest BCUT2D eigenvalue weighted by Gasteiger charge is -2.37. The van der Waals surface area contributed by atoms with Crippen molar-refractivity contribution in [2.24, 2.45) is 5.92 Å². The third-order valence-electron chi connectivity index (χ3n) is 4.81. The Morgan fingerprint density at radius 3 is 2.32 bits per heavy atom. The van der Waals surface area contributed by atoms with E-state index in [9.17, 15) is 0 Å². The predicted molar refractivity (Wildman–Crippen MR) is 94.3 cm³/mol. The van der Waals surface area contributed by atoms with Crippen LogP contribution in [0.4, 0.5) is 0 Å². The third-order valence-corrected chi connectivity index (χ3v) is 5.18. The predicted octanol–water partition coefficient (Wildman–Crippen LogP) is 5.36. The minimum atomic E-state index is 0.425. The molecule has 2 aromatic carbocycles. The zero-order chi connectivity index (χ0) is 15.4. The molecule has 1 fully saturated rings. The number of benzene rings is 2. The molecule has 0 radical (unpaired) electrons. The van der Waals surface area contributed by atoms with Crippen molar-refractivity contribution in [3.63, 3.8) is 0 Å². The van der Waals surface area contributed by atoms with Crippen LogP contribution in [0.5, 0.6) is 0 Å². The fourth-order valence-corrected chi connectivity index (χ4v) is 3.56. The first-order chi connectivity index (χ1) is 10.7. The number of halogens is 1. The zero-order valence-corrected chi connectivity index (χ0v) is 14.0. The van der Waals surface area contributed by atoms with E-state index in [-0.39, 0.29) is 0 Å². The van der Waals surface area contributed by atoms with Crippen molar-refractivity contribution in [1.29, 1.82) is 0 Å². The van der Waals surface area contributed by atoms with Gasteiger partial charge in [-0.2, -0.15) is 0 Å². The molecule has 22 heavy (non-hydrogen) atoms. The van der Waals surface area contributed by atoms with Crippen LogP contribution < -0.4 is 0 Å². The molecule has 0 bridgehead atoms.